The van der Waals surface area contributed by atoms with Crippen molar-refractivity contribution in [3.05, 3.63) is 30.1 Å². The van der Waals surface area contributed by atoms with Gasteiger partial charge in [-0.2, -0.15) is 0 Å². The van der Waals surface area contributed by atoms with E-state index in [0.29, 0.717) is 25.3 Å². The summed E-state index contributed by atoms with van der Waals surface area (Å²) in [4.78, 5) is 16.8. The highest BCUT2D eigenvalue weighted by molar-refractivity contribution is 5.76. The average Bonchev–Trinajstić information content (AvgIpc) is 2.68. The molecule has 6 heteroatoms. The van der Waals surface area contributed by atoms with Crippen molar-refractivity contribution in [3.63, 3.8) is 0 Å². The zero-order chi connectivity index (χ0) is 18.2. The monoisotopic (exact) mass is 364 g/mol. The van der Waals surface area contributed by atoms with Crippen LogP contribution in [-0.4, -0.2) is 68.3 Å². The molecule has 0 unspecified atom stereocenters. The highest BCUT2D eigenvalue weighted by atomic mass is 19.1. The number of benzene rings is 1. The van der Waals surface area contributed by atoms with Crippen LogP contribution in [0.4, 0.5) is 4.39 Å². The van der Waals surface area contributed by atoms with Crippen LogP contribution >= 0.6 is 0 Å². The molecule has 0 spiro atoms. The third-order valence-electron chi connectivity index (χ3n) is 5.15. The SMILES string of the molecule is O=C(CCCN1CCOCC1)N1CCC[C@H](COc2ccccc2F)C1. The van der Waals surface area contributed by atoms with Gasteiger partial charge in [0.15, 0.2) is 11.6 Å². The number of hydrogen-bond acceptors (Lipinski definition) is 4. The number of halogens is 1. The third-order valence-corrected chi connectivity index (χ3v) is 5.15. The summed E-state index contributed by atoms with van der Waals surface area (Å²) in [5, 5.41) is 0. The van der Waals surface area contributed by atoms with Crippen LogP contribution in [0.25, 0.3) is 0 Å². The summed E-state index contributed by atoms with van der Waals surface area (Å²) < 4.78 is 24.6. The van der Waals surface area contributed by atoms with E-state index in [0.717, 1.165) is 58.7 Å². The molecule has 0 bridgehead atoms. The van der Waals surface area contributed by atoms with E-state index in [1.165, 1.54) is 6.07 Å². The number of ether oxygens (including phenoxy) is 2. The van der Waals surface area contributed by atoms with Crippen LogP contribution in [0.2, 0.25) is 0 Å². The normalized spacial score (nSPS) is 21.6. The Bertz CT molecular complexity index is 578. The van der Waals surface area contributed by atoms with E-state index < -0.39 is 0 Å². The summed E-state index contributed by atoms with van der Waals surface area (Å²) in [5.41, 5.74) is 0. The van der Waals surface area contributed by atoms with E-state index in [1.807, 2.05) is 4.90 Å². The van der Waals surface area contributed by atoms with Gasteiger partial charge in [0.05, 0.1) is 19.8 Å². The number of carbonyl (C=O) groups is 1. The Labute approximate surface area is 155 Å². The Morgan fingerprint density at radius 2 is 2.04 bits per heavy atom. The number of rotatable bonds is 7. The molecule has 0 aliphatic carbocycles. The number of para-hydroxylation sites is 1. The molecule has 0 aromatic heterocycles. The first kappa shape index (κ1) is 19.1. The second-order valence-corrected chi connectivity index (χ2v) is 7.15. The Morgan fingerprint density at radius 1 is 1.23 bits per heavy atom. The van der Waals surface area contributed by atoms with E-state index in [4.69, 9.17) is 9.47 Å². The van der Waals surface area contributed by atoms with Crippen molar-refractivity contribution in [2.75, 3.05) is 52.5 Å². The number of morpholine rings is 1. The van der Waals surface area contributed by atoms with Gasteiger partial charge in [0, 0.05) is 38.5 Å². The van der Waals surface area contributed by atoms with Crippen LogP contribution in [0.5, 0.6) is 5.75 Å². The summed E-state index contributed by atoms with van der Waals surface area (Å²) in [6.45, 7) is 6.48. The first-order valence-corrected chi connectivity index (χ1v) is 9.67. The summed E-state index contributed by atoms with van der Waals surface area (Å²) in [7, 11) is 0. The van der Waals surface area contributed by atoms with Gasteiger partial charge in [-0.15, -0.1) is 0 Å². The minimum absolute atomic E-state index is 0.230. The number of piperidine rings is 1. The number of hydrogen-bond donors (Lipinski definition) is 0. The fraction of sp³-hybridized carbons (Fsp3) is 0.650. The first-order valence-electron chi connectivity index (χ1n) is 9.67. The maximum Gasteiger partial charge on any atom is 0.222 e. The van der Waals surface area contributed by atoms with Gasteiger partial charge < -0.3 is 14.4 Å². The lowest BCUT2D eigenvalue weighted by molar-refractivity contribution is -0.133. The summed E-state index contributed by atoms with van der Waals surface area (Å²) in [5.74, 6) is 0.459. The standard InChI is InChI=1S/C20H29FN2O3/c21-18-6-1-2-7-19(18)26-16-17-5-3-10-23(15-17)20(24)8-4-9-22-11-13-25-14-12-22/h1-2,6-7,17H,3-5,8-16H2/t17-/m0/s1. The first-order chi connectivity index (χ1) is 12.7. The molecule has 1 amide bonds. The van der Waals surface area contributed by atoms with Gasteiger partial charge >= 0.3 is 0 Å². The van der Waals surface area contributed by atoms with Crippen LogP contribution in [0, 0.1) is 11.7 Å². The van der Waals surface area contributed by atoms with Gasteiger partial charge in [0.25, 0.3) is 0 Å². The molecule has 3 rings (SSSR count). The molecule has 2 aliphatic rings. The Kier molecular flexibility index (Phi) is 7.26. The lowest BCUT2D eigenvalue weighted by Gasteiger charge is -2.33. The van der Waals surface area contributed by atoms with Crippen molar-refractivity contribution >= 4 is 5.91 Å². The lowest BCUT2D eigenvalue weighted by atomic mass is 9.98. The second kappa shape index (κ2) is 9.88. The molecule has 0 radical (unpaired) electrons. The minimum atomic E-state index is -0.334. The van der Waals surface area contributed by atoms with E-state index in [2.05, 4.69) is 4.90 Å². The third kappa shape index (κ3) is 5.68. The fourth-order valence-corrected chi connectivity index (χ4v) is 3.63. The Morgan fingerprint density at radius 3 is 2.85 bits per heavy atom. The largest absolute Gasteiger partial charge is 0.490 e. The van der Waals surface area contributed by atoms with Crippen molar-refractivity contribution in [1.29, 1.82) is 0 Å². The van der Waals surface area contributed by atoms with E-state index in [-0.39, 0.29) is 17.6 Å². The zero-order valence-corrected chi connectivity index (χ0v) is 15.4. The smallest absolute Gasteiger partial charge is 0.222 e. The summed E-state index contributed by atoms with van der Waals surface area (Å²) in [6, 6.07) is 6.47. The highest BCUT2D eigenvalue weighted by Crippen LogP contribution is 2.21. The molecule has 1 atom stereocenters. The molecule has 26 heavy (non-hydrogen) atoms. The molecule has 144 valence electrons. The molecule has 2 heterocycles. The Hall–Kier alpha value is -1.66. The highest BCUT2D eigenvalue weighted by Gasteiger charge is 2.24. The summed E-state index contributed by atoms with van der Waals surface area (Å²) in [6.07, 6.45) is 3.50. The summed E-state index contributed by atoms with van der Waals surface area (Å²) >= 11 is 0. The molecule has 1 aromatic carbocycles. The molecular weight excluding hydrogens is 335 g/mol. The lowest BCUT2D eigenvalue weighted by Crippen LogP contribution is -2.42. The number of carbonyl (C=O) groups excluding carboxylic acids is 1. The average molecular weight is 364 g/mol. The van der Waals surface area contributed by atoms with Crippen LogP contribution in [0.1, 0.15) is 25.7 Å². The molecule has 1 aromatic rings. The quantitative estimate of drug-likeness (QED) is 0.746. The molecule has 2 aliphatic heterocycles. The van der Waals surface area contributed by atoms with E-state index >= 15 is 0 Å². The number of likely N-dealkylation sites (tertiary alicyclic amines) is 1. The van der Waals surface area contributed by atoms with Gasteiger partial charge in [-0.25, -0.2) is 4.39 Å². The van der Waals surface area contributed by atoms with Gasteiger partial charge in [0.2, 0.25) is 5.91 Å². The van der Waals surface area contributed by atoms with Gasteiger partial charge in [0.1, 0.15) is 0 Å². The molecule has 2 fully saturated rings. The van der Waals surface area contributed by atoms with Crippen LogP contribution in [0.15, 0.2) is 24.3 Å². The van der Waals surface area contributed by atoms with E-state index in [1.54, 1.807) is 18.2 Å². The molecule has 0 saturated carbocycles. The van der Waals surface area contributed by atoms with Crippen molar-refractivity contribution in [3.8, 4) is 5.75 Å². The van der Waals surface area contributed by atoms with Crippen molar-refractivity contribution in [2.45, 2.75) is 25.7 Å². The fourth-order valence-electron chi connectivity index (χ4n) is 3.63. The predicted molar refractivity (Wildman–Crippen MR) is 97.7 cm³/mol. The molecule has 5 nitrogen and oxygen atoms in total. The Balaban J connectivity index is 1.38. The number of nitrogens with zero attached hydrogens (tertiary/aromatic N) is 2. The van der Waals surface area contributed by atoms with Crippen molar-refractivity contribution < 1.29 is 18.7 Å². The molecule has 2 saturated heterocycles. The van der Waals surface area contributed by atoms with Gasteiger partial charge in [-0.3, -0.25) is 9.69 Å². The zero-order valence-electron chi connectivity index (χ0n) is 15.4. The van der Waals surface area contributed by atoms with Crippen LogP contribution in [-0.2, 0) is 9.53 Å². The molecular formula is C20H29FN2O3. The predicted octanol–water partition coefficient (Wildman–Crippen LogP) is 2.56. The maximum atomic E-state index is 13.6. The molecule has 0 N–H and O–H groups in total. The minimum Gasteiger partial charge on any atom is -0.490 e. The maximum absolute atomic E-state index is 13.6. The van der Waals surface area contributed by atoms with E-state index in [9.17, 15) is 9.18 Å². The van der Waals surface area contributed by atoms with Gasteiger partial charge in [-0.05, 0) is 37.9 Å². The van der Waals surface area contributed by atoms with Crippen LogP contribution < -0.4 is 4.74 Å². The number of amides is 1. The second-order valence-electron chi connectivity index (χ2n) is 7.15. The van der Waals surface area contributed by atoms with Crippen LogP contribution in [0.3, 0.4) is 0 Å². The topological polar surface area (TPSA) is 42.0 Å². The van der Waals surface area contributed by atoms with Gasteiger partial charge in [-0.1, -0.05) is 12.1 Å². The van der Waals surface area contributed by atoms with Crippen molar-refractivity contribution in [2.24, 2.45) is 5.92 Å². The van der Waals surface area contributed by atoms with Crippen molar-refractivity contribution in [1.82, 2.24) is 9.80 Å².